The summed E-state index contributed by atoms with van der Waals surface area (Å²) < 4.78 is 4.65. The van der Waals surface area contributed by atoms with E-state index in [0.717, 1.165) is 24.9 Å². The Hall–Kier alpha value is -1.68. The van der Waals surface area contributed by atoms with Crippen molar-refractivity contribution in [2.45, 2.75) is 45.6 Å². The van der Waals surface area contributed by atoms with E-state index < -0.39 is 0 Å². The molecule has 1 rings (SSSR count). The predicted octanol–water partition coefficient (Wildman–Crippen LogP) is 2.89. The summed E-state index contributed by atoms with van der Waals surface area (Å²) in [7, 11) is 1.36. The van der Waals surface area contributed by atoms with Gasteiger partial charge in [-0.3, -0.25) is 9.59 Å². The number of carbonyl (C=O) groups excluding carboxylic acids is 2. The molecule has 116 valence electrons. The van der Waals surface area contributed by atoms with Crippen LogP contribution < -0.4 is 5.32 Å². The third-order valence-electron chi connectivity index (χ3n) is 3.44. The molecule has 0 heterocycles. The fourth-order valence-corrected chi connectivity index (χ4v) is 2.06. The minimum atomic E-state index is -0.335. The van der Waals surface area contributed by atoms with Crippen LogP contribution in [0.4, 0.5) is 0 Å². The van der Waals surface area contributed by atoms with Crippen molar-refractivity contribution >= 4 is 11.8 Å². The Morgan fingerprint density at radius 3 is 2.48 bits per heavy atom. The minimum Gasteiger partial charge on any atom is -0.469 e. The topological polar surface area (TPSA) is 55.4 Å². The van der Waals surface area contributed by atoms with Gasteiger partial charge in [0.2, 0.25) is 0 Å². The number of carbonyl (C=O) groups is 2. The summed E-state index contributed by atoms with van der Waals surface area (Å²) >= 11 is 0. The number of nitrogens with one attached hydrogen (secondary N) is 1. The molecule has 0 fully saturated rings. The van der Waals surface area contributed by atoms with Gasteiger partial charge in [0.05, 0.1) is 13.2 Å². The molecule has 0 radical (unpaired) electrons. The van der Waals surface area contributed by atoms with Crippen LogP contribution in [0.3, 0.4) is 0 Å². The van der Waals surface area contributed by atoms with Crippen molar-refractivity contribution in [1.82, 2.24) is 5.32 Å². The van der Waals surface area contributed by atoms with E-state index in [1.54, 1.807) is 0 Å². The largest absolute Gasteiger partial charge is 0.469 e. The van der Waals surface area contributed by atoms with Crippen LogP contribution in [0.25, 0.3) is 0 Å². The number of Topliss-reactive ketones (excluding diaryl/α,β-unsaturated/α-hetero) is 1. The second kappa shape index (κ2) is 9.29. The molecule has 0 aliphatic carbocycles. The fourth-order valence-electron chi connectivity index (χ4n) is 2.06. The standard InChI is InChI=1S/C17H25NO3/c1-4-5-12-18-15(10-11-16(19)21-3)17(20)14-8-6-13(2)7-9-14/h6-9,15,18H,4-5,10-12H2,1-3H3. The van der Waals surface area contributed by atoms with Gasteiger partial charge in [-0.05, 0) is 26.3 Å². The molecule has 0 bridgehead atoms. The van der Waals surface area contributed by atoms with Gasteiger partial charge in [0.25, 0.3) is 0 Å². The van der Waals surface area contributed by atoms with Crippen LogP contribution >= 0.6 is 0 Å². The van der Waals surface area contributed by atoms with Crippen molar-refractivity contribution in [2.75, 3.05) is 13.7 Å². The Bertz CT molecular complexity index is 454. The van der Waals surface area contributed by atoms with Crippen molar-refractivity contribution in [1.29, 1.82) is 0 Å². The quantitative estimate of drug-likeness (QED) is 0.432. The second-order valence-electron chi connectivity index (χ2n) is 5.21. The molecule has 1 unspecified atom stereocenters. The van der Waals surface area contributed by atoms with Crippen LogP contribution in [0.15, 0.2) is 24.3 Å². The predicted molar refractivity (Wildman–Crippen MR) is 83.5 cm³/mol. The summed E-state index contributed by atoms with van der Waals surface area (Å²) in [5.74, 6) is -0.246. The number of hydrogen-bond acceptors (Lipinski definition) is 4. The normalized spacial score (nSPS) is 12.0. The monoisotopic (exact) mass is 291 g/mol. The van der Waals surface area contributed by atoms with E-state index in [4.69, 9.17) is 0 Å². The lowest BCUT2D eigenvalue weighted by Gasteiger charge is -2.17. The summed E-state index contributed by atoms with van der Waals surface area (Å²) in [4.78, 5) is 23.8. The van der Waals surface area contributed by atoms with E-state index in [-0.39, 0.29) is 24.2 Å². The highest BCUT2D eigenvalue weighted by molar-refractivity contribution is 6.00. The smallest absolute Gasteiger partial charge is 0.305 e. The minimum absolute atomic E-state index is 0.0370. The van der Waals surface area contributed by atoms with Crippen LogP contribution in [-0.2, 0) is 9.53 Å². The van der Waals surface area contributed by atoms with E-state index >= 15 is 0 Å². The molecule has 0 amide bonds. The van der Waals surface area contributed by atoms with Gasteiger partial charge in [-0.25, -0.2) is 0 Å². The first-order chi connectivity index (χ1) is 10.1. The Morgan fingerprint density at radius 1 is 1.24 bits per heavy atom. The number of methoxy groups -OCH3 is 1. The highest BCUT2D eigenvalue weighted by Gasteiger charge is 2.20. The number of hydrogen-bond donors (Lipinski definition) is 1. The van der Waals surface area contributed by atoms with Crippen LogP contribution in [0.1, 0.15) is 48.5 Å². The number of rotatable bonds is 9. The molecule has 1 aromatic carbocycles. The zero-order chi connectivity index (χ0) is 15.7. The third kappa shape index (κ3) is 6.08. The number of unbranched alkanes of at least 4 members (excludes halogenated alkanes) is 1. The van der Waals surface area contributed by atoms with Crippen molar-refractivity contribution in [3.63, 3.8) is 0 Å². The highest BCUT2D eigenvalue weighted by Crippen LogP contribution is 2.10. The summed E-state index contributed by atoms with van der Waals surface area (Å²) in [5.41, 5.74) is 1.80. The second-order valence-corrected chi connectivity index (χ2v) is 5.21. The van der Waals surface area contributed by atoms with Crippen LogP contribution in [0, 0.1) is 6.92 Å². The summed E-state index contributed by atoms with van der Waals surface area (Å²) in [6.07, 6.45) is 2.78. The lowest BCUT2D eigenvalue weighted by Crippen LogP contribution is -2.38. The molecule has 1 N–H and O–H groups in total. The number of benzene rings is 1. The summed E-state index contributed by atoms with van der Waals surface area (Å²) in [5, 5.41) is 3.26. The van der Waals surface area contributed by atoms with Crippen LogP contribution in [-0.4, -0.2) is 31.4 Å². The molecule has 4 nitrogen and oxygen atoms in total. The summed E-state index contributed by atoms with van der Waals surface area (Å²) in [6, 6.07) is 7.19. The summed E-state index contributed by atoms with van der Waals surface area (Å²) in [6.45, 7) is 4.87. The molecule has 21 heavy (non-hydrogen) atoms. The number of ether oxygens (including phenoxy) is 1. The Kier molecular flexibility index (Phi) is 7.69. The van der Waals surface area contributed by atoms with E-state index in [2.05, 4.69) is 17.0 Å². The lowest BCUT2D eigenvalue weighted by atomic mass is 9.99. The average molecular weight is 291 g/mol. The van der Waals surface area contributed by atoms with E-state index in [0.29, 0.717) is 12.0 Å². The third-order valence-corrected chi connectivity index (χ3v) is 3.44. The van der Waals surface area contributed by atoms with E-state index in [1.807, 2.05) is 31.2 Å². The maximum atomic E-state index is 12.5. The molecule has 0 saturated heterocycles. The molecule has 0 aromatic heterocycles. The SMILES string of the molecule is CCCCNC(CCC(=O)OC)C(=O)c1ccc(C)cc1. The molecular weight excluding hydrogens is 266 g/mol. The van der Waals surface area contributed by atoms with Gasteiger partial charge in [-0.1, -0.05) is 43.2 Å². The molecule has 1 atom stereocenters. The van der Waals surface area contributed by atoms with Crippen LogP contribution in [0.5, 0.6) is 0 Å². The van der Waals surface area contributed by atoms with Gasteiger partial charge in [0.1, 0.15) is 0 Å². The number of esters is 1. The first kappa shape index (κ1) is 17.4. The maximum Gasteiger partial charge on any atom is 0.305 e. The first-order valence-electron chi connectivity index (χ1n) is 7.49. The molecule has 0 aliphatic rings. The zero-order valence-electron chi connectivity index (χ0n) is 13.1. The number of aryl methyl sites for hydroxylation is 1. The molecule has 0 saturated carbocycles. The maximum absolute atomic E-state index is 12.5. The Morgan fingerprint density at radius 2 is 1.90 bits per heavy atom. The van der Waals surface area contributed by atoms with Gasteiger partial charge >= 0.3 is 5.97 Å². The van der Waals surface area contributed by atoms with E-state index in [9.17, 15) is 9.59 Å². The fraction of sp³-hybridized carbons (Fsp3) is 0.529. The average Bonchev–Trinajstić information content (AvgIpc) is 2.50. The molecule has 0 spiro atoms. The van der Waals surface area contributed by atoms with E-state index in [1.165, 1.54) is 7.11 Å². The Balaban J connectivity index is 2.70. The Labute approximate surface area is 126 Å². The molecule has 1 aromatic rings. The van der Waals surface area contributed by atoms with Crippen molar-refractivity contribution in [3.8, 4) is 0 Å². The van der Waals surface area contributed by atoms with Crippen LogP contribution in [0.2, 0.25) is 0 Å². The van der Waals surface area contributed by atoms with Gasteiger partial charge in [0.15, 0.2) is 5.78 Å². The molecule has 4 heteroatoms. The van der Waals surface area contributed by atoms with Gasteiger partial charge in [0, 0.05) is 12.0 Å². The van der Waals surface area contributed by atoms with Gasteiger partial charge in [-0.15, -0.1) is 0 Å². The van der Waals surface area contributed by atoms with Crippen molar-refractivity contribution in [3.05, 3.63) is 35.4 Å². The molecule has 0 aliphatic heterocycles. The van der Waals surface area contributed by atoms with Gasteiger partial charge in [-0.2, -0.15) is 0 Å². The number of ketones is 1. The molecular formula is C17H25NO3. The first-order valence-corrected chi connectivity index (χ1v) is 7.49. The van der Waals surface area contributed by atoms with Gasteiger partial charge < -0.3 is 10.1 Å². The zero-order valence-corrected chi connectivity index (χ0v) is 13.1. The highest BCUT2D eigenvalue weighted by atomic mass is 16.5. The van der Waals surface area contributed by atoms with Crippen molar-refractivity contribution in [2.24, 2.45) is 0 Å². The lowest BCUT2D eigenvalue weighted by molar-refractivity contribution is -0.140. The van der Waals surface area contributed by atoms with Crippen molar-refractivity contribution < 1.29 is 14.3 Å².